The average Bonchev–Trinajstić information content (AvgIpc) is 2.87. The standard InChI is InChI=1S/C17H25N3O3/c1-13(14-6-4-3-5-7-14)19-15(21)11-20-9-8-17(2,12-20)18-10-16(22)23/h3-7,13,18H,8-12H2,1-2H3,(H,19,21)(H,22,23)/t13-,17-/m0/s1. The molecule has 1 heterocycles. The molecule has 2 rings (SSSR count). The van der Waals surface area contributed by atoms with Gasteiger partial charge in [-0.15, -0.1) is 0 Å². The Hall–Kier alpha value is -1.92. The number of carboxylic acid groups (broad SMARTS) is 1. The fraction of sp³-hybridized carbons (Fsp3) is 0.529. The molecule has 1 amide bonds. The monoisotopic (exact) mass is 319 g/mol. The van der Waals surface area contributed by atoms with Crippen LogP contribution < -0.4 is 10.6 Å². The lowest BCUT2D eigenvalue weighted by atomic mass is 10.0. The third-order valence-electron chi connectivity index (χ3n) is 4.26. The summed E-state index contributed by atoms with van der Waals surface area (Å²) in [6.45, 7) is 5.71. The van der Waals surface area contributed by atoms with Crippen LogP contribution in [0.4, 0.5) is 0 Å². The van der Waals surface area contributed by atoms with Crippen LogP contribution in [-0.2, 0) is 9.59 Å². The molecule has 0 saturated carbocycles. The number of benzene rings is 1. The number of hydrogen-bond acceptors (Lipinski definition) is 4. The number of carboxylic acids is 1. The number of rotatable bonds is 7. The molecule has 1 aliphatic heterocycles. The number of aliphatic carboxylic acids is 1. The highest BCUT2D eigenvalue weighted by atomic mass is 16.4. The normalized spacial score (nSPS) is 22.7. The Morgan fingerprint density at radius 3 is 2.70 bits per heavy atom. The van der Waals surface area contributed by atoms with Gasteiger partial charge >= 0.3 is 5.97 Å². The van der Waals surface area contributed by atoms with Gasteiger partial charge in [0.15, 0.2) is 0 Å². The molecule has 2 atom stereocenters. The first-order valence-electron chi connectivity index (χ1n) is 7.91. The summed E-state index contributed by atoms with van der Waals surface area (Å²) in [5.41, 5.74) is 0.833. The second kappa shape index (κ2) is 7.57. The molecule has 1 aromatic carbocycles. The Bertz CT molecular complexity index is 549. The minimum Gasteiger partial charge on any atom is -0.480 e. The SMILES string of the molecule is C[C@H](NC(=O)CN1CC[C@](C)(NCC(=O)O)C1)c1ccccc1. The zero-order valence-electron chi connectivity index (χ0n) is 13.7. The minimum atomic E-state index is -0.862. The van der Waals surface area contributed by atoms with E-state index in [0.717, 1.165) is 18.5 Å². The van der Waals surface area contributed by atoms with Gasteiger partial charge in [0, 0.05) is 18.6 Å². The van der Waals surface area contributed by atoms with Crippen molar-refractivity contribution >= 4 is 11.9 Å². The maximum Gasteiger partial charge on any atom is 0.317 e. The van der Waals surface area contributed by atoms with Crippen molar-refractivity contribution in [2.45, 2.75) is 31.8 Å². The van der Waals surface area contributed by atoms with Crippen molar-refractivity contribution in [3.05, 3.63) is 35.9 Å². The van der Waals surface area contributed by atoms with Crippen molar-refractivity contribution in [2.24, 2.45) is 0 Å². The molecule has 6 nitrogen and oxygen atoms in total. The van der Waals surface area contributed by atoms with Crippen LogP contribution in [0, 0.1) is 0 Å². The van der Waals surface area contributed by atoms with Gasteiger partial charge in [-0.2, -0.15) is 0 Å². The summed E-state index contributed by atoms with van der Waals surface area (Å²) in [4.78, 5) is 24.9. The topological polar surface area (TPSA) is 81.7 Å². The number of amides is 1. The van der Waals surface area contributed by atoms with Gasteiger partial charge in [0.2, 0.25) is 5.91 Å². The molecular formula is C17H25N3O3. The van der Waals surface area contributed by atoms with Crippen LogP contribution in [0.25, 0.3) is 0 Å². The van der Waals surface area contributed by atoms with Crippen LogP contribution in [-0.4, -0.2) is 53.6 Å². The van der Waals surface area contributed by atoms with E-state index >= 15 is 0 Å². The zero-order chi connectivity index (χ0) is 16.9. The number of carbonyl (C=O) groups is 2. The number of nitrogens with one attached hydrogen (secondary N) is 2. The molecular weight excluding hydrogens is 294 g/mol. The first kappa shape index (κ1) is 17.4. The molecule has 1 aliphatic rings. The highest BCUT2D eigenvalue weighted by Crippen LogP contribution is 2.20. The van der Waals surface area contributed by atoms with Crippen LogP contribution in [0.1, 0.15) is 31.9 Å². The summed E-state index contributed by atoms with van der Waals surface area (Å²) in [7, 11) is 0. The lowest BCUT2D eigenvalue weighted by Crippen LogP contribution is -2.47. The second-order valence-electron chi connectivity index (χ2n) is 6.47. The lowest BCUT2D eigenvalue weighted by molar-refractivity contribution is -0.136. The molecule has 0 radical (unpaired) electrons. The molecule has 3 N–H and O–H groups in total. The van der Waals surface area contributed by atoms with E-state index in [-0.39, 0.29) is 24.0 Å². The summed E-state index contributed by atoms with van der Waals surface area (Å²) in [6, 6.07) is 9.83. The van der Waals surface area contributed by atoms with Crippen molar-refractivity contribution in [1.29, 1.82) is 0 Å². The van der Waals surface area contributed by atoms with E-state index in [9.17, 15) is 9.59 Å². The minimum absolute atomic E-state index is 0.0103. The summed E-state index contributed by atoms with van der Waals surface area (Å²) < 4.78 is 0. The van der Waals surface area contributed by atoms with E-state index in [2.05, 4.69) is 15.5 Å². The summed E-state index contributed by atoms with van der Waals surface area (Å²) in [5, 5.41) is 14.8. The highest BCUT2D eigenvalue weighted by molar-refractivity contribution is 5.78. The maximum absolute atomic E-state index is 12.2. The zero-order valence-corrected chi connectivity index (χ0v) is 13.7. The van der Waals surface area contributed by atoms with Gasteiger partial charge in [0.05, 0.1) is 19.1 Å². The molecule has 1 aromatic rings. The smallest absolute Gasteiger partial charge is 0.317 e. The van der Waals surface area contributed by atoms with E-state index in [1.165, 1.54) is 0 Å². The third kappa shape index (κ3) is 5.33. The first-order valence-corrected chi connectivity index (χ1v) is 7.91. The molecule has 0 spiro atoms. The molecule has 0 aromatic heterocycles. The lowest BCUT2D eigenvalue weighted by Gasteiger charge is -2.25. The Morgan fingerprint density at radius 1 is 1.35 bits per heavy atom. The molecule has 0 bridgehead atoms. The summed E-state index contributed by atoms with van der Waals surface area (Å²) >= 11 is 0. The number of likely N-dealkylation sites (tertiary alicyclic amines) is 1. The molecule has 0 unspecified atom stereocenters. The van der Waals surface area contributed by atoms with Crippen molar-refractivity contribution in [3.8, 4) is 0 Å². The predicted octanol–water partition coefficient (Wildman–Crippen LogP) is 1.00. The second-order valence-corrected chi connectivity index (χ2v) is 6.47. The molecule has 1 saturated heterocycles. The summed E-state index contributed by atoms with van der Waals surface area (Å²) in [5.74, 6) is -0.872. The van der Waals surface area contributed by atoms with Crippen LogP contribution in [0.15, 0.2) is 30.3 Å². The van der Waals surface area contributed by atoms with Crippen LogP contribution in [0.5, 0.6) is 0 Å². The Morgan fingerprint density at radius 2 is 2.04 bits per heavy atom. The van der Waals surface area contributed by atoms with E-state index in [0.29, 0.717) is 13.1 Å². The fourth-order valence-electron chi connectivity index (χ4n) is 2.94. The summed E-state index contributed by atoms with van der Waals surface area (Å²) in [6.07, 6.45) is 0.835. The molecule has 0 aliphatic carbocycles. The Kier molecular flexibility index (Phi) is 5.74. The van der Waals surface area contributed by atoms with Gasteiger partial charge in [-0.25, -0.2) is 0 Å². The van der Waals surface area contributed by atoms with Crippen molar-refractivity contribution < 1.29 is 14.7 Å². The van der Waals surface area contributed by atoms with Crippen molar-refractivity contribution in [2.75, 3.05) is 26.2 Å². The van der Waals surface area contributed by atoms with Crippen LogP contribution in [0.2, 0.25) is 0 Å². The van der Waals surface area contributed by atoms with Crippen molar-refractivity contribution in [1.82, 2.24) is 15.5 Å². The van der Waals surface area contributed by atoms with Gasteiger partial charge in [-0.3, -0.25) is 14.5 Å². The van der Waals surface area contributed by atoms with E-state index in [4.69, 9.17) is 5.11 Å². The molecule has 126 valence electrons. The van der Waals surface area contributed by atoms with E-state index < -0.39 is 5.97 Å². The average molecular weight is 319 g/mol. The number of carbonyl (C=O) groups excluding carboxylic acids is 1. The van der Waals surface area contributed by atoms with Gasteiger partial charge in [0.1, 0.15) is 0 Å². The Labute approximate surface area is 136 Å². The van der Waals surface area contributed by atoms with E-state index in [1.807, 2.05) is 44.2 Å². The quantitative estimate of drug-likeness (QED) is 0.698. The van der Waals surface area contributed by atoms with E-state index in [1.54, 1.807) is 0 Å². The molecule has 1 fully saturated rings. The third-order valence-corrected chi connectivity index (χ3v) is 4.26. The predicted molar refractivity (Wildman–Crippen MR) is 88.1 cm³/mol. The van der Waals surface area contributed by atoms with Gasteiger partial charge in [-0.05, 0) is 25.8 Å². The maximum atomic E-state index is 12.2. The number of nitrogens with zero attached hydrogens (tertiary/aromatic N) is 1. The van der Waals surface area contributed by atoms with Gasteiger partial charge in [-0.1, -0.05) is 30.3 Å². The first-order chi connectivity index (χ1) is 10.9. The number of hydrogen-bond donors (Lipinski definition) is 3. The largest absolute Gasteiger partial charge is 0.480 e. The molecule has 23 heavy (non-hydrogen) atoms. The highest BCUT2D eigenvalue weighted by Gasteiger charge is 2.34. The Balaban J connectivity index is 1.79. The van der Waals surface area contributed by atoms with Crippen LogP contribution >= 0.6 is 0 Å². The fourth-order valence-corrected chi connectivity index (χ4v) is 2.94. The molecule has 6 heteroatoms. The van der Waals surface area contributed by atoms with Crippen molar-refractivity contribution in [3.63, 3.8) is 0 Å². The van der Waals surface area contributed by atoms with Gasteiger partial charge < -0.3 is 15.7 Å². The van der Waals surface area contributed by atoms with Crippen LogP contribution in [0.3, 0.4) is 0 Å². The van der Waals surface area contributed by atoms with Gasteiger partial charge in [0.25, 0.3) is 0 Å².